The molecular weight excluding hydrogens is 376 g/mol. The van der Waals surface area contributed by atoms with Crippen molar-refractivity contribution in [3.8, 4) is 28.5 Å². The number of nitrogens with zero attached hydrogens (tertiary/aromatic N) is 1. The van der Waals surface area contributed by atoms with E-state index in [1.165, 1.54) is 18.4 Å². The van der Waals surface area contributed by atoms with E-state index in [0.717, 1.165) is 28.1 Å². The van der Waals surface area contributed by atoms with Crippen LogP contribution in [0.4, 0.5) is 5.13 Å². The zero-order valence-electron chi connectivity index (χ0n) is 16.5. The van der Waals surface area contributed by atoms with E-state index in [1.807, 2.05) is 25.3 Å². The molecule has 0 aliphatic carbocycles. The number of aryl methyl sites for hydroxylation is 1. The average molecular weight is 398 g/mol. The highest BCUT2D eigenvalue weighted by Gasteiger charge is 2.14. The minimum absolute atomic E-state index is 0.264. The van der Waals surface area contributed by atoms with Gasteiger partial charge in [-0.25, -0.2) is 4.98 Å². The number of carbonyl (C=O) groups is 1. The fourth-order valence-corrected chi connectivity index (χ4v) is 3.51. The van der Waals surface area contributed by atoms with Gasteiger partial charge in [-0.1, -0.05) is 0 Å². The summed E-state index contributed by atoms with van der Waals surface area (Å²) in [6.07, 6.45) is 0. The van der Waals surface area contributed by atoms with Gasteiger partial charge in [-0.2, -0.15) is 0 Å². The lowest BCUT2D eigenvalue weighted by Crippen LogP contribution is -2.12. The minimum atomic E-state index is -0.264. The molecule has 1 aromatic heterocycles. The Morgan fingerprint density at radius 2 is 1.68 bits per heavy atom. The summed E-state index contributed by atoms with van der Waals surface area (Å²) in [6.45, 7) is 4.06. The normalized spacial score (nSPS) is 10.5. The van der Waals surface area contributed by atoms with Gasteiger partial charge in [-0.3, -0.25) is 10.1 Å². The zero-order chi connectivity index (χ0) is 20.3. The van der Waals surface area contributed by atoms with Crippen LogP contribution in [0.15, 0.2) is 35.7 Å². The van der Waals surface area contributed by atoms with E-state index in [9.17, 15) is 4.79 Å². The van der Waals surface area contributed by atoms with Crippen molar-refractivity contribution in [3.05, 3.63) is 52.4 Å². The summed E-state index contributed by atoms with van der Waals surface area (Å²) < 4.78 is 15.9. The molecule has 0 fully saturated rings. The first-order valence-corrected chi connectivity index (χ1v) is 9.49. The molecule has 2 aromatic carbocycles. The van der Waals surface area contributed by atoms with Crippen LogP contribution in [0.2, 0.25) is 0 Å². The number of nitrogens with one attached hydrogen (secondary N) is 1. The predicted octanol–water partition coefficient (Wildman–Crippen LogP) is 4.71. The van der Waals surface area contributed by atoms with E-state index in [4.69, 9.17) is 14.2 Å². The van der Waals surface area contributed by atoms with Gasteiger partial charge in [0.1, 0.15) is 5.75 Å². The Morgan fingerprint density at radius 3 is 2.36 bits per heavy atom. The number of carbonyl (C=O) groups excluding carboxylic acids is 1. The molecule has 146 valence electrons. The van der Waals surface area contributed by atoms with Gasteiger partial charge in [0, 0.05) is 16.5 Å². The molecule has 6 nitrogen and oxygen atoms in total. The molecule has 0 aliphatic rings. The molecule has 3 rings (SSSR count). The van der Waals surface area contributed by atoms with Crippen LogP contribution in [-0.2, 0) is 0 Å². The maximum absolute atomic E-state index is 12.6. The molecule has 0 unspecified atom stereocenters. The lowest BCUT2D eigenvalue weighted by Gasteiger charge is -2.10. The Labute approximate surface area is 168 Å². The van der Waals surface area contributed by atoms with E-state index in [-0.39, 0.29) is 5.91 Å². The quantitative estimate of drug-likeness (QED) is 0.651. The number of benzene rings is 2. The molecule has 1 heterocycles. The van der Waals surface area contributed by atoms with Crippen LogP contribution in [-0.4, -0.2) is 32.2 Å². The van der Waals surface area contributed by atoms with Crippen LogP contribution >= 0.6 is 11.3 Å². The zero-order valence-corrected chi connectivity index (χ0v) is 17.3. The van der Waals surface area contributed by atoms with Gasteiger partial charge in [-0.05, 0) is 55.3 Å². The van der Waals surface area contributed by atoms with E-state index in [2.05, 4.69) is 16.4 Å². The van der Waals surface area contributed by atoms with E-state index < -0.39 is 0 Å². The molecule has 0 spiro atoms. The maximum atomic E-state index is 12.6. The average Bonchev–Trinajstić information content (AvgIpc) is 3.17. The summed E-state index contributed by atoms with van der Waals surface area (Å²) in [7, 11) is 4.74. The second kappa shape index (κ2) is 8.31. The standard InChI is InChI=1S/C21H22N2O4S/c1-12-8-15(10-18(26-4)13(12)2)16-11-28-21(22-16)23-20(24)14-6-7-17(25-3)19(9-14)27-5/h6-11H,1-5H3,(H,22,23,24). The van der Waals surface area contributed by atoms with Gasteiger partial charge in [0.2, 0.25) is 0 Å². The van der Waals surface area contributed by atoms with E-state index >= 15 is 0 Å². The molecule has 0 aliphatic heterocycles. The first-order chi connectivity index (χ1) is 13.5. The smallest absolute Gasteiger partial charge is 0.257 e. The first-order valence-electron chi connectivity index (χ1n) is 8.61. The molecule has 0 saturated carbocycles. The largest absolute Gasteiger partial charge is 0.496 e. The molecular formula is C21H22N2O4S. The number of rotatable bonds is 6. The monoisotopic (exact) mass is 398 g/mol. The maximum Gasteiger partial charge on any atom is 0.257 e. The van der Waals surface area contributed by atoms with Gasteiger partial charge in [0.25, 0.3) is 5.91 Å². The SMILES string of the molecule is COc1ccc(C(=O)Nc2nc(-c3cc(C)c(C)c(OC)c3)cs2)cc1OC. The van der Waals surface area contributed by atoms with Crippen molar-refractivity contribution in [2.45, 2.75) is 13.8 Å². The van der Waals surface area contributed by atoms with Crippen molar-refractivity contribution < 1.29 is 19.0 Å². The van der Waals surface area contributed by atoms with Crippen LogP contribution in [0.1, 0.15) is 21.5 Å². The molecule has 0 bridgehead atoms. The Hall–Kier alpha value is -3.06. The Balaban J connectivity index is 1.82. The number of hydrogen-bond donors (Lipinski definition) is 1. The number of hydrogen-bond acceptors (Lipinski definition) is 6. The highest BCUT2D eigenvalue weighted by atomic mass is 32.1. The number of methoxy groups -OCH3 is 3. The molecule has 0 radical (unpaired) electrons. The third-order valence-corrected chi connectivity index (χ3v) is 5.26. The molecule has 1 amide bonds. The van der Waals surface area contributed by atoms with Gasteiger partial charge in [0.15, 0.2) is 16.6 Å². The van der Waals surface area contributed by atoms with Crippen molar-refractivity contribution in [1.82, 2.24) is 4.98 Å². The summed E-state index contributed by atoms with van der Waals surface area (Å²) in [5.74, 6) is 1.62. The van der Waals surface area contributed by atoms with Crippen LogP contribution in [0, 0.1) is 13.8 Å². The molecule has 1 N–H and O–H groups in total. The second-order valence-electron chi connectivity index (χ2n) is 6.18. The molecule has 0 atom stereocenters. The van der Waals surface area contributed by atoms with E-state index in [1.54, 1.807) is 32.4 Å². The summed E-state index contributed by atoms with van der Waals surface area (Å²) in [5, 5.41) is 5.26. The van der Waals surface area contributed by atoms with Crippen LogP contribution in [0.25, 0.3) is 11.3 Å². The fraction of sp³-hybridized carbons (Fsp3) is 0.238. The summed E-state index contributed by atoms with van der Waals surface area (Å²) in [4.78, 5) is 17.1. The lowest BCUT2D eigenvalue weighted by atomic mass is 10.0. The van der Waals surface area contributed by atoms with Crippen LogP contribution in [0.5, 0.6) is 17.2 Å². The summed E-state index contributed by atoms with van der Waals surface area (Å²) in [5.41, 5.74) is 4.42. The fourth-order valence-electron chi connectivity index (χ4n) is 2.80. The summed E-state index contributed by atoms with van der Waals surface area (Å²) >= 11 is 1.37. The Kier molecular flexibility index (Phi) is 5.84. The topological polar surface area (TPSA) is 69.7 Å². The van der Waals surface area contributed by atoms with E-state index in [0.29, 0.717) is 22.2 Å². The van der Waals surface area contributed by atoms with Crippen molar-refractivity contribution >= 4 is 22.4 Å². The predicted molar refractivity (Wildman–Crippen MR) is 111 cm³/mol. The highest BCUT2D eigenvalue weighted by molar-refractivity contribution is 7.14. The van der Waals surface area contributed by atoms with Crippen molar-refractivity contribution in [1.29, 1.82) is 0 Å². The van der Waals surface area contributed by atoms with Gasteiger partial charge < -0.3 is 14.2 Å². The number of anilines is 1. The van der Waals surface area contributed by atoms with Crippen LogP contribution in [0.3, 0.4) is 0 Å². The number of thiazole rings is 1. The van der Waals surface area contributed by atoms with Crippen molar-refractivity contribution in [2.24, 2.45) is 0 Å². The molecule has 0 saturated heterocycles. The second-order valence-corrected chi connectivity index (χ2v) is 7.04. The molecule has 7 heteroatoms. The minimum Gasteiger partial charge on any atom is -0.496 e. The number of amides is 1. The first kappa shape index (κ1) is 19.7. The lowest BCUT2D eigenvalue weighted by molar-refractivity contribution is 0.102. The van der Waals surface area contributed by atoms with Gasteiger partial charge in [0.05, 0.1) is 27.0 Å². The van der Waals surface area contributed by atoms with Gasteiger partial charge >= 0.3 is 0 Å². The third kappa shape index (κ3) is 3.94. The van der Waals surface area contributed by atoms with Gasteiger partial charge in [-0.15, -0.1) is 11.3 Å². The highest BCUT2D eigenvalue weighted by Crippen LogP contribution is 2.32. The van der Waals surface area contributed by atoms with Crippen molar-refractivity contribution in [2.75, 3.05) is 26.6 Å². The molecule has 3 aromatic rings. The summed E-state index contributed by atoms with van der Waals surface area (Å²) in [6, 6.07) is 9.03. The van der Waals surface area contributed by atoms with Crippen LogP contribution < -0.4 is 19.5 Å². The number of ether oxygens (including phenoxy) is 3. The third-order valence-electron chi connectivity index (χ3n) is 4.51. The van der Waals surface area contributed by atoms with Crippen molar-refractivity contribution in [3.63, 3.8) is 0 Å². The Morgan fingerprint density at radius 1 is 0.964 bits per heavy atom. The molecule has 28 heavy (non-hydrogen) atoms. The number of aromatic nitrogens is 1. The Bertz CT molecular complexity index is 1010.